The molecule has 2 aromatic carbocycles. The van der Waals surface area contributed by atoms with E-state index >= 15 is 0 Å². The molecule has 1 aliphatic heterocycles. The van der Waals surface area contributed by atoms with Gasteiger partial charge in [0.15, 0.2) is 0 Å². The molecule has 6 nitrogen and oxygen atoms in total. The van der Waals surface area contributed by atoms with E-state index < -0.39 is 0 Å². The summed E-state index contributed by atoms with van der Waals surface area (Å²) in [5, 5.41) is 3.17. The van der Waals surface area contributed by atoms with Crippen molar-refractivity contribution < 1.29 is 14.3 Å². The third kappa shape index (κ3) is 3.86. The molecule has 4 rings (SSSR count). The lowest BCUT2D eigenvalue weighted by molar-refractivity contribution is 0.0919. The Morgan fingerprint density at radius 2 is 1.80 bits per heavy atom. The maximum atomic E-state index is 13.1. The number of aryl methyl sites for hydroxylation is 1. The molecule has 154 valence electrons. The largest absolute Gasteiger partial charge is 0.497 e. The Morgan fingerprint density at radius 1 is 1.07 bits per heavy atom. The molecule has 1 atom stereocenters. The first-order valence-electron chi connectivity index (χ1n) is 9.85. The van der Waals surface area contributed by atoms with Crippen LogP contribution in [-0.2, 0) is 17.9 Å². The minimum atomic E-state index is -0.346. The van der Waals surface area contributed by atoms with Crippen LogP contribution in [0.3, 0.4) is 0 Å². The average Bonchev–Trinajstić information content (AvgIpc) is 2.76. The van der Waals surface area contributed by atoms with E-state index in [1.807, 2.05) is 55.5 Å². The molecular weight excluding hydrogens is 378 g/mol. The predicted molar refractivity (Wildman–Crippen MR) is 116 cm³/mol. The first-order chi connectivity index (χ1) is 14.6. The van der Waals surface area contributed by atoms with E-state index in [-0.39, 0.29) is 12.1 Å². The van der Waals surface area contributed by atoms with Crippen molar-refractivity contribution in [1.29, 1.82) is 0 Å². The van der Waals surface area contributed by atoms with Gasteiger partial charge in [0.1, 0.15) is 17.7 Å². The second-order valence-corrected chi connectivity index (χ2v) is 7.32. The number of benzene rings is 2. The number of hydrogen-bond donors (Lipinski definition) is 1. The first kappa shape index (κ1) is 19.9. The van der Waals surface area contributed by atoms with Crippen LogP contribution in [0, 0.1) is 6.92 Å². The van der Waals surface area contributed by atoms with Crippen LogP contribution >= 0.6 is 0 Å². The quantitative estimate of drug-likeness (QED) is 0.674. The van der Waals surface area contributed by atoms with Crippen molar-refractivity contribution in [2.24, 2.45) is 0 Å². The fraction of sp³-hybridized carbons (Fsp3) is 0.250. The van der Waals surface area contributed by atoms with Crippen LogP contribution in [0.15, 0.2) is 60.7 Å². The van der Waals surface area contributed by atoms with Gasteiger partial charge in [0.25, 0.3) is 5.91 Å². The first-order valence-corrected chi connectivity index (χ1v) is 9.85. The van der Waals surface area contributed by atoms with Crippen molar-refractivity contribution >= 4 is 11.7 Å². The smallest absolute Gasteiger partial charge is 0.257 e. The van der Waals surface area contributed by atoms with E-state index in [0.29, 0.717) is 24.5 Å². The van der Waals surface area contributed by atoms with Crippen molar-refractivity contribution in [2.45, 2.75) is 26.2 Å². The fourth-order valence-electron chi connectivity index (χ4n) is 3.84. The van der Waals surface area contributed by atoms with Gasteiger partial charge in [-0.05, 0) is 41.8 Å². The number of aromatic nitrogens is 1. The van der Waals surface area contributed by atoms with Gasteiger partial charge in [-0.2, -0.15) is 0 Å². The van der Waals surface area contributed by atoms with E-state index in [9.17, 15) is 4.79 Å². The van der Waals surface area contributed by atoms with Crippen molar-refractivity contribution in [1.82, 2.24) is 10.3 Å². The summed E-state index contributed by atoms with van der Waals surface area (Å²) in [7, 11) is 3.27. The van der Waals surface area contributed by atoms with Gasteiger partial charge in [0, 0.05) is 19.3 Å². The zero-order valence-corrected chi connectivity index (χ0v) is 17.4. The van der Waals surface area contributed by atoms with E-state index in [0.717, 1.165) is 28.1 Å². The lowest BCUT2D eigenvalue weighted by Crippen LogP contribution is -2.47. The normalized spacial score (nSPS) is 15.5. The van der Waals surface area contributed by atoms with Gasteiger partial charge in [-0.3, -0.25) is 4.79 Å². The molecule has 1 amide bonds. The summed E-state index contributed by atoms with van der Waals surface area (Å²) in [6.45, 7) is 2.90. The number of methoxy groups -OCH3 is 2. The topological polar surface area (TPSA) is 63.7 Å². The summed E-state index contributed by atoms with van der Waals surface area (Å²) in [5.41, 5.74) is 4.35. The molecule has 0 radical (unpaired) electrons. The van der Waals surface area contributed by atoms with Crippen LogP contribution in [-0.4, -0.2) is 25.1 Å². The van der Waals surface area contributed by atoms with E-state index in [1.54, 1.807) is 14.2 Å². The van der Waals surface area contributed by atoms with Gasteiger partial charge >= 0.3 is 0 Å². The maximum Gasteiger partial charge on any atom is 0.257 e. The number of pyridine rings is 1. The third-order valence-electron chi connectivity index (χ3n) is 5.22. The molecule has 6 heteroatoms. The molecule has 30 heavy (non-hydrogen) atoms. The number of amides is 1. The molecule has 1 N–H and O–H groups in total. The number of carbonyl (C=O) groups excluding carboxylic acids is 1. The lowest BCUT2D eigenvalue weighted by atomic mass is 10.0. The highest BCUT2D eigenvalue weighted by atomic mass is 16.5. The Balaban J connectivity index is 1.83. The predicted octanol–water partition coefficient (Wildman–Crippen LogP) is 3.99. The second-order valence-electron chi connectivity index (χ2n) is 7.32. The van der Waals surface area contributed by atoms with Gasteiger partial charge in [-0.15, -0.1) is 0 Å². The monoisotopic (exact) mass is 403 g/mol. The summed E-state index contributed by atoms with van der Waals surface area (Å²) < 4.78 is 10.6. The molecular formula is C24H25N3O3. The zero-order valence-electron chi connectivity index (χ0n) is 17.4. The summed E-state index contributed by atoms with van der Waals surface area (Å²) in [6.07, 6.45) is -0.346. The van der Waals surface area contributed by atoms with Gasteiger partial charge in [-0.25, -0.2) is 4.98 Å². The van der Waals surface area contributed by atoms with Crippen LogP contribution in [0.2, 0.25) is 0 Å². The Morgan fingerprint density at radius 3 is 2.47 bits per heavy atom. The summed E-state index contributed by atoms with van der Waals surface area (Å²) >= 11 is 0. The number of carbonyl (C=O) groups is 1. The van der Waals surface area contributed by atoms with Crippen LogP contribution in [0.5, 0.6) is 5.75 Å². The number of ether oxygens (including phenoxy) is 2. The lowest BCUT2D eigenvalue weighted by Gasteiger charge is -2.39. The molecule has 0 unspecified atom stereocenters. The maximum absolute atomic E-state index is 13.1. The minimum absolute atomic E-state index is 0.144. The standard InChI is InChI=1S/C24H25N3O3/c1-16-13-19(15-29-2)21-23(25-16)27(14-17-7-5-4-6-8-17)22(26-24(21)28)18-9-11-20(30-3)12-10-18/h4-13,22H,14-15H2,1-3H3,(H,26,28)/t22-/m1/s1. The highest BCUT2D eigenvalue weighted by Gasteiger charge is 2.35. The van der Waals surface area contributed by atoms with E-state index in [1.165, 1.54) is 0 Å². The van der Waals surface area contributed by atoms with Crippen LogP contribution in [0.1, 0.15) is 38.9 Å². The van der Waals surface area contributed by atoms with Crippen LogP contribution < -0.4 is 15.0 Å². The zero-order chi connectivity index (χ0) is 21.1. The minimum Gasteiger partial charge on any atom is -0.497 e. The van der Waals surface area contributed by atoms with Gasteiger partial charge in [0.05, 0.1) is 19.3 Å². The molecule has 0 aliphatic carbocycles. The number of hydrogen-bond acceptors (Lipinski definition) is 5. The molecule has 1 aliphatic rings. The Hall–Kier alpha value is -3.38. The van der Waals surface area contributed by atoms with Crippen molar-refractivity contribution in [3.05, 3.63) is 88.6 Å². The Kier molecular flexibility index (Phi) is 5.68. The van der Waals surface area contributed by atoms with Crippen molar-refractivity contribution in [3.8, 4) is 5.75 Å². The SMILES string of the molecule is COCc1cc(C)nc2c1C(=O)N[C@@H](c1ccc(OC)cc1)N2Cc1ccccc1. The summed E-state index contributed by atoms with van der Waals surface area (Å²) in [4.78, 5) is 20.1. The van der Waals surface area contributed by atoms with E-state index in [4.69, 9.17) is 14.5 Å². The Labute approximate surface area is 176 Å². The van der Waals surface area contributed by atoms with Gasteiger partial charge in [-0.1, -0.05) is 42.5 Å². The van der Waals surface area contributed by atoms with E-state index in [2.05, 4.69) is 22.3 Å². The van der Waals surface area contributed by atoms with Crippen molar-refractivity contribution in [3.63, 3.8) is 0 Å². The molecule has 0 saturated carbocycles. The number of nitrogens with zero attached hydrogens (tertiary/aromatic N) is 2. The second kappa shape index (κ2) is 8.55. The molecule has 0 bridgehead atoms. The number of nitrogens with one attached hydrogen (secondary N) is 1. The highest BCUT2D eigenvalue weighted by Crippen LogP contribution is 2.35. The van der Waals surface area contributed by atoms with Gasteiger partial charge < -0.3 is 19.7 Å². The molecule has 0 fully saturated rings. The molecule has 0 spiro atoms. The molecule has 1 aromatic heterocycles. The number of fused-ring (bicyclic) bond motifs is 1. The summed E-state index contributed by atoms with van der Waals surface area (Å²) in [6, 6.07) is 19.8. The average molecular weight is 403 g/mol. The summed E-state index contributed by atoms with van der Waals surface area (Å²) in [5.74, 6) is 1.30. The van der Waals surface area contributed by atoms with Crippen LogP contribution in [0.25, 0.3) is 0 Å². The number of anilines is 1. The molecule has 3 aromatic rings. The molecule has 0 saturated heterocycles. The highest BCUT2D eigenvalue weighted by molar-refractivity contribution is 6.02. The molecule has 2 heterocycles. The number of rotatable bonds is 6. The fourth-order valence-corrected chi connectivity index (χ4v) is 3.84. The van der Waals surface area contributed by atoms with Crippen molar-refractivity contribution in [2.75, 3.05) is 19.1 Å². The van der Waals surface area contributed by atoms with Gasteiger partial charge in [0.2, 0.25) is 0 Å². The third-order valence-corrected chi connectivity index (χ3v) is 5.22. The Bertz CT molecular complexity index is 1040. The van der Waals surface area contributed by atoms with Crippen LogP contribution in [0.4, 0.5) is 5.82 Å².